The predicted octanol–water partition coefficient (Wildman–Crippen LogP) is 5.57. The van der Waals surface area contributed by atoms with Crippen LogP contribution in [0.4, 0.5) is 17.1 Å². The van der Waals surface area contributed by atoms with Crippen molar-refractivity contribution >= 4 is 28.8 Å². The number of nitrogens with zero attached hydrogens (tertiary/aromatic N) is 4. The van der Waals surface area contributed by atoms with E-state index < -0.39 is 5.41 Å². The van der Waals surface area contributed by atoms with Gasteiger partial charge in [-0.15, -0.1) is 5.11 Å². The number of para-hydroxylation sites is 1. The molecule has 0 aliphatic carbocycles. The second-order valence-electron chi connectivity index (χ2n) is 7.41. The molecule has 0 heterocycles. The van der Waals surface area contributed by atoms with E-state index >= 15 is 0 Å². The molecule has 0 saturated heterocycles. The first-order chi connectivity index (χ1) is 13.8. The first-order valence-corrected chi connectivity index (χ1v) is 9.95. The maximum absolute atomic E-state index is 13.4. The molecule has 0 aliphatic heterocycles. The topological polar surface area (TPSA) is 65.3 Å². The van der Waals surface area contributed by atoms with Crippen molar-refractivity contribution in [2.45, 2.75) is 40.0 Å². The summed E-state index contributed by atoms with van der Waals surface area (Å²) in [6, 6.07) is 16.6. The van der Waals surface area contributed by atoms with Crippen LogP contribution in [-0.4, -0.2) is 25.8 Å². The van der Waals surface area contributed by atoms with Gasteiger partial charge in [0, 0.05) is 26.2 Å². The van der Waals surface area contributed by atoms with Crippen LogP contribution in [0.3, 0.4) is 0 Å². The molecule has 1 amide bonds. The molecule has 0 bridgehead atoms. The summed E-state index contributed by atoms with van der Waals surface area (Å²) in [5, 5.41) is 9.74. The summed E-state index contributed by atoms with van der Waals surface area (Å²) in [6.07, 6.45) is 1.47. The number of anilines is 2. The van der Waals surface area contributed by atoms with Crippen molar-refractivity contribution in [3.8, 4) is 0 Å². The Bertz CT molecular complexity index is 847. The standard InChI is InChI=1S/C23H30N4O2/c1-6-11-21(28)23(3,7-2)22(29)27(20-12-9-8-10-13-20)25-24-18-14-16-19(17-15-18)26(4)5/h8-10,12-17H,6-7,11H2,1-5H3. The summed E-state index contributed by atoms with van der Waals surface area (Å²) >= 11 is 0. The maximum atomic E-state index is 13.4. The predicted molar refractivity (Wildman–Crippen MR) is 118 cm³/mol. The number of Topliss-reactive ketones (excluding diaryl/α,β-unsaturated/α-hetero) is 1. The molecule has 0 aromatic heterocycles. The molecule has 1 atom stereocenters. The smallest absolute Gasteiger partial charge is 0.262 e. The van der Waals surface area contributed by atoms with Gasteiger partial charge in [0.15, 0.2) is 0 Å². The highest BCUT2D eigenvalue weighted by atomic mass is 16.2. The SMILES string of the molecule is CCCC(=O)C(C)(CC)C(=O)N(N=Nc1ccc(N(C)C)cc1)c1ccccc1. The van der Waals surface area contributed by atoms with Gasteiger partial charge in [-0.2, -0.15) is 5.01 Å². The molecular formula is C23H30N4O2. The number of hydrogen-bond donors (Lipinski definition) is 0. The molecule has 0 radical (unpaired) electrons. The number of ketones is 1. The molecule has 0 saturated carbocycles. The van der Waals surface area contributed by atoms with Gasteiger partial charge in [0.2, 0.25) is 0 Å². The third-order valence-corrected chi connectivity index (χ3v) is 5.08. The van der Waals surface area contributed by atoms with E-state index in [9.17, 15) is 9.59 Å². The fourth-order valence-electron chi connectivity index (χ4n) is 2.90. The van der Waals surface area contributed by atoms with E-state index in [-0.39, 0.29) is 11.7 Å². The van der Waals surface area contributed by atoms with Gasteiger partial charge in [-0.1, -0.05) is 37.3 Å². The molecule has 0 N–H and O–H groups in total. The summed E-state index contributed by atoms with van der Waals surface area (Å²) in [4.78, 5) is 28.1. The molecule has 2 aromatic carbocycles. The molecule has 0 spiro atoms. The van der Waals surface area contributed by atoms with Crippen molar-refractivity contribution < 1.29 is 9.59 Å². The van der Waals surface area contributed by atoms with Crippen LogP contribution in [-0.2, 0) is 9.59 Å². The van der Waals surface area contributed by atoms with E-state index in [1.165, 1.54) is 5.01 Å². The molecular weight excluding hydrogens is 364 g/mol. The van der Waals surface area contributed by atoms with E-state index in [1.54, 1.807) is 19.1 Å². The number of hydrogen-bond acceptors (Lipinski definition) is 5. The van der Waals surface area contributed by atoms with Crippen LogP contribution in [0.1, 0.15) is 40.0 Å². The molecule has 2 aromatic rings. The minimum atomic E-state index is -1.14. The second kappa shape index (κ2) is 9.96. The van der Waals surface area contributed by atoms with Gasteiger partial charge in [-0.05, 0) is 56.2 Å². The Morgan fingerprint density at radius 3 is 2.07 bits per heavy atom. The Morgan fingerprint density at radius 1 is 0.931 bits per heavy atom. The number of rotatable bonds is 9. The van der Waals surface area contributed by atoms with Crippen LogP contribution in [0, 0.1) is 5.41 Å². The monoisotopic (exact) mass is 394 g/mol. The molecule has 0 fully saturated rings. The molecule has 2 rings (SSSR count). The largest absolute Gasteiger partial charge is 0.378 e. The number of benzene rings is 2. The lowest BCUT2D eigenvalue weighted by Crippen LogP contribution is -2.44. The van der Waals surface area contributed by atoms with Gasteiger partial charge in [0.25, 0.3) is 5.91 Å². The number of amides is 1. The zero-order valence-corrected chi connectivity index (χ0v) is 17.9. The van der Waals surface area contributed by atoms with Crippen LogP contribution < -0.4 is 9.91 Å². The summed E-state index contributed by atoms with van der Waals surface area (Å²) in [7, 11) is 3.93. The van der Waals surface area contributed by atoms with Gasteiger partial charge in [-0.25, -0.2) is 0 Å². The zero-order valence-electron chi connectivity index (χ0n) is 17.9. The maximum Gasteiger partial charge on any atom is 0.262 e. The van der Waals surface area contributed by atoms with Crippen LogP contribution >= 0.6 is 0 Å². The fourth-order valence-corrected chi connectivity index (χ4v) is 2.90. The van der Waals surface area contributed by atoms with Gasteiger partial charge in [0.05, 0.1) is 11.4 Å². The first-order valence-electron chi connectivity index (χ1n) is 9.95. The lowest BCUT2D eigenvalue weighted by Gasteiger charge is -2.29. The molecule has 154 valence electrons. The highest BCUT2D eigenvalue weighted by Crippen LogP contribution is 2.31. The van der Waals surface area contributed by atoms with E-state index in [4.69, 9.17) is 0 Å². The fraction of sp³-hybridized carbons (Fsp3) is 0.391. The first kappa shape index (κ1) is 22.3. The Kier molecular flexibility index (Phi) is 7.65. The third kappa shape index (κ3) is 5.28. The Labute approximate surface area is 173 Å². The van der Waals surface area contributed by atoms with Crippen LogP contribution in [0.25, 0.3) is 0 Å². The van der Waals surface area contributed by atoms with Crippen molar-refractivity contribution in [2.75, 3.05) is 24.0 Å². The average Bonchev–Trinajstić information content (AvgIpc) is 2.74. The zero-order chi connectivity index (χ0) is 21.4. The Morgan fingerprint density at radius 2 is 1.55 bits per heavy atom. The molecule has 29 heavy (non-hydrogen) atoms. The Balaban J connectivity index is 2.39. The quantitative estimate of drug-likeness (QED) is 0.317. The lowest BCUT2D eigenvalue weighted by atomic mass is 9.80. The van der Waals surface area contributed by atoms with Gasteiger partial charge in [-0.3, -0.25) is 9.59 Å². The van der Waals surface area contributed by atoms with Gasteiger partial charge < -0.3 is 4.90 Å². The molecule has 6 heteroatoms. The summed E-state index contributed by atoms with van der Waals surface area (Å²) in [6.45, 7) is 5.49. The van der Waals surface area contributed by atoms with Crippen molar-refractivity contribution in [1.82, 2.24) is 0 Å². The Hall–Kier alpha value is -3.02. The van der Waals surface area contributed by atoms with Crippen molar-refractivity contribution in [3.05, 3.63) is 54.6 Å². The summed E-state index contributed by atoms with van der Waals surface area (Å²) < 4.78 is 0. The minimum absolute atomic E-state index is 0.0704. The second-order valence-corrected chi connectivity index (χ2v) is 7.41. The van der Waals surface area contributed by atoms with E-state index in [0.717, 1.165) is 5.69 Å². The van der Waals surface area contributed by atoms with Crippen molar-refractivity contribution in [2.24, 2.45) is 15.8 Å². The normalized spacial score (nSPS) is 13.1. The van der Waals surface area contributed by atoms with Gasteiger partial charge in [0.1, 0.15) is 11.2 Å². The number of carbonyl (C=O) groups is 2. The molecule has 0 aliphatic rings. The van der Waals surface area contributed by atoms with E-state index in [0.29, 0.717) is 30.6 Å². The minimum Gasteiger partial charge on any atom is -0.378 e. The van der Waals surface area contributed by atoms with E-state index in [1.807, 2.05) is 75.3 Å². The highest BCUT2D eigenvalue weighted by molar-refractivity contribution is 6.11. The molecule has 6 nitrogen and oxygen atoms in total. The third-order valence-electron chi connectivity index (χ3n) is 5.08. The summed E-state index contributed by atoms with van der Waals surface area (Å²) in [5.41, 5.74) is 1.11. The average molecular weight is 395 g/mol. The van der Waals surface area contributed by atoms with Gasteiger partial charge >= 0.3 is 0 Å². The van der Waals surface area contributed by atoms with E-state index in [2.05, 4.69) is 10.3 Å². The van der Waals surface area contributed by atoms with Crippen molar-refractivity contribution in [1.29, 1.82) is 0 Å². The van der Waals surface area contributed by atoms with Crippen LogP contribution in [0.5, 0.6) is 0 Å². The lowest BCUT2D eigenvalue weighted by molar-refractivity contribution is -0.139. The number of carbonyl (C=O) groups excluding carboxylic acids is 2. The van der Waals surface area contributed by atoms with Crippen LogP contribution in [0.15, 0.2) is 64.9 Å². The highest BCUT2D eigenvalue weighted by Gasteiger charge is 2.42. The molecule has 1 unspecified atom stereocenters. The van der Waals surface area contributed by atoms with Crippen molar-refractivity contribution in [3.63, 3.8) is 0 Å². The van der Waals surface area contributed by atoms with Crippen LogP contribution in [0.2, 0.25) is 0 Å². The summed E-state index contributed by atoms with van der Waals surface area (Å²) in [5.74, 6) is -0.433.